The van der Waals surface area contributed by atoms with Gasteiger partial charge in [-0.3, -0.25) is 4.79 Å². The molecule has 296 valence electrons. The minimum atomic E-state index is -0.658. The third-order valence-electron chi connectivity index (χ3n) is 13.8. The number of carbonyl (C=O) groups excluding carboxylic acids is 1. The molecule has 0 N–H and O–H groups in total. The number of rotatable bonds is 9. The molecule has 0 radical (unpaired) electrons. The van der Waals surface area contributed by atoms with Gasteiger partial charge in [-0.2, -0.15) is 0 Å². The largest absolute Gasteiger partial charge is 0.427 e. The summed E-state index contributed by atoms with van der Waals surface area (Å²) in [5.74, 6) is 0.310. The number of fused-ring (bicyclic) bond motifs is 10. The van der Waals surface area contributed by atoms with Crippen LogP contribution in [-0.2, 0) is 22.0 Å². The molecule has 12 rings (SSSR count). The smallest absolute Gasteiger partial charge is 0.311 e. The summed E-state index contributed by atoms with van der Waals surface area (Å²) >= 11 is 0. The van der Waals surface area contributed by atoms with Gasteiger partial charge in [0, 0.05) is 39.2 Å². The van der Waals surface area contributed by atoms with E-state index in [0.29, 0.717) is 18.6 Å². The molecule has 2 heterocycles. The number of para-hydroxylation sites is 3. The van der Waals surface area contributed by atoms with Gasteiger partial charge >= 0.3 is 5.97 Å². The zero-order valence-corrected chi connectivity index (χ0v) is 34.2. The van der Waals surface area contributed by atoms with Crippen molar-refractivity contribution >= 4 is 49.3 Å². The molecule has 0 saturated heterocycles. The predicted octanol–water partition coefficient (Wildman–Crippen LogP) is 13.7. The Balaban J connectivity index is 1.16. The molecule has 0 saturated carbocycles. The van der Waals surface area contributed by atoms with Crippen molar-refractivity contribution in [2.45, 2.75) is 42.9 Å². The second kappa shape index (κ2) is 14.4. The molecule has 0 aliphatic heterocycles. The van der Waals surface area contributed by atoms with Crippen LogP contribution in [0, 0.1) is 0 Å². The van der Waals surface area contributed by atoms with Crippen molar-refractivity contribution < 1.29 is 9.53 Å². The van der Waals surface area contributed by atoms with Crippen molar-refractivity contribution in [3.8, 4) is 28.3 Å². The highest BCUT2D eigenvalue weighted by Gasteiger charge is 2.54. The molecule has 4 nitrogen and oxygen atoms in total. The first-order chi connectivity index (χ1) is 30.5. The van der Waals surface area contributed by atoms with Crippen LogP contribution in [0.4, 0.5) is 0 Å². The number of hydrogen-bond donors (Lipinski definition) is 0. The molecule has 8 aromatic carbocycles. The van der Waals surface area contributed by atoms with Crippen LogP contribution in [0.3, 0.4) is 0 Å². The lowest BCUT2D eigenvalue weighted by Gasteiger charge is -2.43. The van der Waals surface area contributed by atoms with Crippen molar-refractivity contribution in [2.24, 2.45) is 0 Å². The molecule has 2 unspecified atom stereocenters. The summed E-state index contributed by atoms with van der Waals surface area (Å²) in [6.07, 6.45) is 3.14. The first-order valence-corrected chi connectivity index (χ1v) is 21.7. The van der Waals surface area contributed by atoms with Crippen molar-refractivity contribution in [2.75, 3.05) is 0 Å². The van der Waals surface area contributed by atoms with Gasteiger partial charge < -0.3 is 4.74 Å². The lowest BCUT2D eigenvalue weighted by Crippen LogP contribution is -2.39. The topological polar surface area (TPSA) is 52.1 Å². The van der Waals surface area contributed by atoms with Gasteiger partial charge in [0.2, 0.25) is 0 Å². The monoisotopic (exact) mass is 798 g/mol. The molecule has 10 aromatic rings. The SMILES string of the molecule is O=C(CCC1(CC2(CCc3ccccc3)c3cc4ccccc4cc3-c3nc4ccccc4cc32)c2cc3ccccc3cc2-c2nc3ccccc3cc21)Oc1ccccc1. The maximum Gasteiger partial charge on any atom is 0.311 e. The van der Waals surface area contributed by atoms with Crippen LogP contribution in [0.2, 0.25) is 0 Å². The summed E-state index contributed by atoms with van der Waals surface area (Å²) in [5.41, 5.74) is 11.3. The molecule has 0 amide bonds. The normalized spacial score (nSPS) is 17.2. The number of esters is 1. The number of nitrogens with zero attached hydrogens (tertiary/aromatic N) is 2. The van der Waals surface area contributed by atoms with E-state index < -0.39 is 10.8 Å². The van der Waals surface area contributed by atoms with Gasteiger partial charge in [-0.15, -0.1) is 0 Å². The first kappa shape index (κ1) is 36.4. The molecule has 0 spiro atoms. The lowest BCUT2D eigenvalue weighted by atomic mass is 9.59. The molecule has 2 aliphatic rings. The van der Waals surface area contributed by atoms with Crippen LogP contribution >= 0.6 is 0 Å². The second-order valence-corrected chi connectivity index (χ2v) is 17.3. The zero-order valence-electron chi connectivity index (χ0n) is 34.2. The fourth-order valence-corrected chi connectivity index (χ4v) is 10.9. The van der Waals surface area contributed by atoms with E-state index in [1.54, 1.807) is 0 Å². The fourth-order valence-electron chi connectivity index (χ4n) is 10.9. The Morgan fingerprint density at radius 2 is 0.855 bits per heavy atom. The van der Waals surface area contributed by atoms with E-state index in [1.165, 1.54) is 49.4 Å². The van der Waals surface area contributed by atoms with Gasteiger partial charge in [0.25, 0.3) is 0 Å². The number of carbonyl (C=O) groups is 1. The highest BCUT2D eigenvalue weighted by Crippen LogP contribution is 2.63. The second-order valence-electron chi connectivity index (χ2n) is 17.3. The Labute approximate surface area is 360 Å². The van der Waals surface area contributed by atoms with Crippen molar-refractivity contribution in [1.82, 2.24) is 9.97 Å². The number of aromatic nitrogens is 2. The highest BCUT2D eigenvalue weighted by atomic mass is 16.5. The van der Waals surface area contributed by atoms with Gasteiger partial charge in [-0.05, 0) is 136 Å². The first-order valence-electron chi connectivity index (χ1n) is 21.7. The van der Waals surface area contributed by atoms with Gasteiger partial charge in [-0.25, -0.2) is 9.97 Å². The standard InChI is InChI=1S/C58H42N2O2/c61-54(62-45-23-5-2-6-24-45)28-30-58(49-34-42-20-10-8-18-40(42)32-47(49)56-51(58)36-44-22-12-14-26-53(44)60-56)37-57(29-27-38-15-3-1-4-16-38)48-33-41-19-9-7-17-39(41)31-46(48)55-50(57)35-43-21-11-13-25-52(43)59-55/h1-26,31-36H,27-30,37H2. The maximum atomic E-state index is 14.2. The summed E-state index contributed by atoms with van der Waals surface area (Å²) in [4.78, 5) is 25.3. The van der Waals surface area contributed by atoms with E-state index in [9.17, 15) is 4.79 Å². The van der Waals surface area contributed by atoms with Crippen LogP contribution in [0.25, 0.3) is 65.9 Å². The predicted molar refractivity (Wildman–Crippen MR) is 252 cm³/mol. The molecule has 62 heavy (non-hydrogen) atoms. The van der Waals surface area contributed by atoms with E-state index in [4.69, 9.17) is 14.7 Å². The van der Waals surface area contributed by atoms with Gasteiger partial charge in [0.1, 0.15) is 5.75 Å². The summed E-state index contributed by atoms with van der Waals surface area (Å²) in [7, 11) is 0. The quantitative estimate of drug-likeness (QED) is 0.108. The molecule has 2 aliphatic carbocycles. The van der Waals surface area contributed by atoms with Crippen LogP contribution in [0.1, 0.15) is 53.5 Å². The lowest BCUT2D eigenvalue weighted by molar-refractivity contribution is -0.134. The minimum absolute atomic E-state index is 0.218. The van der Waals surface area contributed by atoms with E-state index in [1.807, 2.05) is 30.3 Å². The Hall–Kier alpha value is -7.43. The fraction of sp³-hybridized carbons (Fsp3) is 0.121. The van der Waals surface area contributed by atoms with E-state index in [0.717, 1.165) is 57.2 Å². The maximum absolute atomic E-state index is 14.2. The third kappa shape index (κ3) is 5.85. The number of pyridine rings is 2. The van der Waals surface area contributed by atoms with Crippen molar-refractivity contribution in [3.05, 3.63) is 222 Å². The van der Waals surface area contributed by atoms with Crippen LogP contribution in [-0.4, -0.2) is 15.9 Å². The molecule has 2 aromatic heterocycles. The van der Waals surface area contributed by atoms with E-state index in [2.05, 4.69) is 164 Å². The Bertz CT molecular complexity index is 3220. The number of hydrogen-bond acceptors (Lipinski definition) is 4. The number of aryl methyl sites for hydroxylation is 1. The number of ether oxygens (including phenoxy) is 1. The summed E-state index contributed by atoms with van der Waals surface area (Å²) < 4.78 is 6.08. The number of benzene rings is 8. The van der Waals surface area contributed by atoms with Crippen LogP contribution in [0.5, 0.6) is 5.75 Å². The van der Waals surface area contributed by atoms with Gasteiger partial charge in [0.05, 0.1) is 22.4 Å². The van der Waals surface area contributed by atoms with E-state index in [-0.39, 0.29) is 12.4 Å². The average molecular weight is 799 g/mol. The Morgan fingerprint density at radius 3 is 1.39 bits per heavy atom. The zero-order chi connectivity index (χ0) is 41.3. The molecule has 0 fully saturated rings. The summed E-state index contributed by atoms with van der Waals surface area (Å²) in [6.45, 7) is 0. The average Bonchev–Trinajstić information content (AvgIpc) is 3.71. The Kier molecular flexibility index (Phi) is 8.43. The van der Waals surface area contributed by atoms with Crippen molar-refractivity contribution in [3.63, 3.8) is 0 Å². The highest BCUT2D eigenvalue weighted by molar-refractivity contribution is 5.98. The molecule has 2 atom stereocenters. The summed E-state index contributed by atoms with van der Waals surface area (Å²) in [6, 6.07) is 69.0. The molecular weight excluding hydrogens is 757 g/mol. The minimum Gasteiger partial charge on any atom is -0.427 e. The van der Waals surface area contributed by atoms with Crippen LogP contribution in [0.15, 0.2) is 194 Å². The molecule has 4 heteroatoms. The van der Waals surface area contributed by atoms with Gasteiger partial charge in [0.15, 0.2) is 0 Å². The Morgan fingerprint density at radius 1 is 0.435 bits per heavy atom. The van der Waals surface area contributed by atoms with E-state index >= 15 is 0 Å². The van der Waals surface area contributed by atoms with Crippen molar-refractivity contribution in [1.29, 1.82) is 0 Å². The molecular formula is C58H42N2O2. The summed E-state index contributed by atoms with van der Waals surface area (Å²) in [5, 5.41) is 6.96. The van der Waals surface area contributed by atoms with Gasteiger partial charge in [-0.1, -0.05) is 133 Å². The van der Waals surface area contributed by atoms with Crippen LogP contribution < -0.4 is 4.74 Å². The third-order valence-corrected chi connectivity index (χ3v) is 13.8. The molecule has 0 bridgehead atoms.